The third-order valence-corrected chi connectivity index (χ3v) is 5.53. The second-order valence-corrected chi connectivity index (χ2v) is 7.39. The number of amides is 1. The molecule has 6 nitrogen and oxygen atoms in total. The zero-order valence-corrected chi connectivity index (χ0v) is 15.9. The summed E-state index contributed by atoms with van der Waals surface area (Å²) < 4.78 is 52.7. The Morgan fingerprint density at radius 1 is 1.23 bits per heavy atom. The van der Waals surface area contributed by atoms with Crippen LogP contribution >= 0.6 is 0 Å². The van der Waals surface area contributed by atoms with E-state index in [-0.39, 0.29) is 24.6 Å². The Bertz CT molecular complexity index is 1170. The van der Waals surface area contributed by atoms with Gasteiger partial charge in [0.2, 0.25) is 0 Å². The van der Waals surface area contributed by atoms with Crippen LogP contribution in [-0.4, -0.2) is 38.8 Å². The van der Waals surface area contributed by atoms with Crippen molar-refractivity contribution in [3.8, 4) is 0 Å². The van der Waals surface area contributed by atoms with Crippen LogP contribution < -0.4 is 5.56 Å². The maximum absolute atomic E-state index is 14.6. The van der Waals surface area contributed by atoms with E-state index in [2.05, 4.69) is 9.97 Å². The number of likely N-dealkylation sites (tertiary alicyclic amines) is 1. The first-order valence-corrected chi connectivity index (χ1v) is 9.38. The van der Waals surface area contributed by atoms with Crippen molar-refractivity contribution in [1.29, 1.82) is 0 Å². The fourth-order valence-electron chi connectivity index (χ4n) is 4.01. The average molecular weight is 422 g/mol. The molecule has 10 heteroatoms. The van der Waals surface area contributed by atoms with E-state index >= 15 is 0 Å². The van der Waals surface area contributed by atoms with Gasteiger partial charge in [0, 0.05) is 30.2 Å². The number of halogens is 4. The molecule has 3 aromatic heterocycles. The predicted molar refractivity (Wildman–Crippen MR) is 101 cm³/mol. The van der Waals surface area contributed by atoms with Gasteiger partial charge < -0.3 is 14.9 Å². The molecule has 0 atom stereocenters. The topological polar surface area (TPSA) is 81.8 Å². The van der Waals surface area contributed by atoms with Crippen LogP contribution in [0, 0.1) is 12.7 Å². The Morgan fingerprint density at radius 2 is 1.93 bits per heavy atom. The number of carbonyl (C=O) groups is 1. The number of H-pyrrole nitrogens is 2. The highest BCUT2D eigenvalue weighted by Gasteiger charge is 2.33. The van der Waals surface area contributed by atoms with E-state index in [1.54, 1.807) is 11.2 Å². The van der Waals surface area contributed by atoms with Gasteiger partial charge in [-0.3, -0.25) is 9.59 Å². The fourth-order valence-corrected chi connectivity index (χ4v) is 4.01. The summed E-state index contributed by atoms with van der Waals surface area (Å²) in [4.78, 5) is 34.8. The highest BCUT2D eigenvalue weighted by molar-refractivity contribution is 5.94. The number of rotatable bonds is 2. The first-order valence-electron chi connectivity index (χ1n) is 9.38. The largest absolute Gasteiger partial charge is 0.431 e. The van der Waals surface area contributed by atoms with E-state index in [0.717, 1.165) is 17.0 Å². The van der Waals surface area contributed by atoms with Gasteiger partial charge in [-0.15, -0.1) is 0 Å². The maximum Gasteiger partial charge on any atom is 0.431 e. The third kappa shape index (κ3) is 3.46. The van der Waals surface area contributed by atoms with Crippen molar-refractivity contribution in [3.05, 3.63) is 63.1 Å². The molecule has 4 heterocycles. The summed E-state index contributed by atoms with van der Waals surface area (Å²) in [7, 11) is 0. The van der Waals surface area contributed by atoms with Crippen LogP contribution in [0.2, 0.25) is 0 Å². The van der Waals surface area contributed by atoms with E-state index in [0.29, 0.717) is 30.1 Å². The number of aromatic nitrogens is 3. The molecule has 0 unspecified atom stereocenters. The molecular weight excluding hydrogens is 404 g/mol. The van der Waals surface area contributed by atoms with E-state index in [1.807, 2.05) is 6.92 Å². The van der Waals surface area contributed by atoms with Gasteiger partial charge in [0.05, 0.1) is 6.20 Å². The number of nitrogens with zero attached hydrogens (tertiary/aromatic N) is 2. The standard InChI is InChI=1S/C20H18F4N4O2/c1-10-8-25-17-15(10)16(13(21)9-26-17)11-4-6-28(7-5-11)19(30)12-2-3-14(20(22,23)24)27-18(12)29/h2-3,8-9,11H,4-7H2,1H3,(H,25,26)(H,27,29). The molecule has 0 saturated carbocycles. The van der Waals surface area contributed by atoms with Gasteiger partial charge in [-0.2, -0.15) is 13.2 Å². The summed E-state index contributed by atoms with van der Waals surface area (Å²) in [5.41, 5.74) is -0.609. The van der Waals surface area contributed by atoms with E-state index < -0.39 is 29.2 Å². The van der Waals surface area contributed by atoms with Gasteiger partial charge in [0.25, 0.3) is 11.5 Å². The van der Waals surface area contributed by atoms with Crippen LogP contribution in [0.5, 0.6) is 0 Å². The quantitative estimate of drug-likeness (QED) is 0.618. The number of hydrogen-bond donors (Lipinski definition) is 2. The molecule has 158 valence electrons. The summed E-state index contributed by atoms with van der Waals surface area (Å²) in [6.07, 6.45) is -0.839. The Morgan fingerprint density at radius 3 is 2.57 bits per heavy atom. The van der Waals surface area contributed by atoms with Gasteiger partial charge in [0.15, 0.2) is 0 Å². The SMILES string of the molecule is Cc1c[nH]c2ncc(F)c(C3CCN(C(=O)c4ccc(C(F)(F)F)[nH]c4=O)CC3)c12. The van der Waals surface area contributed by atoms with Gasteiger partial charge in [-0.1, -0.05) is 0 Å². The first kappa shape index (κ1) is 20.1. The number of aryl methyl sites for hydroxylation is 1. The van der Waals surface area contributed by atoms with Crippen molar-refractivity contribution in [2.24, 2.45) is 0 Å². The number of alkyl halides is 3. The minimum atomic E-state index is -4.70. The van der Waals surface area contributed by atoms with Crippen LogP contribution in [0.4, 0.5) is 17.6 Å². The van der Waals surface area contributed by atoms with E-state index in [1.165, 1.54) is 11.1 Å². The molecule has 2 N–H and O–H groups in total. The number of fused-ring (bicyclic) bond motifs is 1. The van der Waals surface area contributed by atoms with Gasteiger partial charge in [0.1, 0.15) is 22.7 Å². The molecule has 0 bridgehead atoms. The highest BCUT2D eigenvalue weighted by Crippen LogP contribution is 2.36. The zero-order valence-electron chi connectivity index (χ0n) is 15.9. The molecule has 0 spiro atoms. The lowest BCUT2D eigenvalue weighted by Crippen LogP contribution is -2.40. The van der Waals surface area contributed by atoms with Crippen molar-refractivity contribution in [2.75, 3.05) is 13.1 Å². The molecule has 1 fully saturated rings. The molecular formula is C20H18F4N4O2. The molecule has 0 radical (unpaired) electrons. The Hall–Kier alpha value is -3.17. The Balaban J connectivity index is 1.53. The van der Waals surface area contributed by atoms with Crippen molar-refractivity contribution in [2.45, 2.75) is 31.9 Å². The van der Waals surface area contributed by atoms with Crippen LogP contribution in [0.25, 0.3) is 11.0 Å². The molecule has 1 aliphatic rings. The second-order valence-electron chi connectivity index (χ2n) is 7.39. The number of hydrogen-bond acceptors (Lipinski definition) is 3. The molecule has 0 aromatic carbocycles. The predicted octanol–water partition coefficient (Wildman–Crippen LogP) is 3.74. The maximum atomic E-state index is 14.6. The fraction of sp³-hybridized carbons (Fsp3) is 0.350. The molecule has 30 heavy (non-hydrogen) atoms. The lowest BCUT2D eigenvalue weighted by atomic mass is 9.87. The lowest BCUT2D eigenvalue weighted by molar-refractivity contribution is -0.141. The molecule has 1 saturated heterocycles. The molecule has 3 aromatic rings. The first-order chi connectivity index (χ1) is 14.2. The monoisotopic (exact) mass is 422 g/mol. The van der Waals surface area contributed by atoms with Crippen molar-refractivity contribution in [3.63, 3.8) is 0 Å². The summed E-state index contributed by atoms with van der Waals surface area (Å²) in [6.45, 7) is 2.38. The molecule has 1 aliphatic heterocycles. The minimum Gasteiger partial charge on any atom is -0.346 e. The summed E-state index contributed by atoms with van der Waals surface area (Å²) >= 11 is 0. The molecule has 1 amide bonds. The van der Waals surface area contributed by atoms with Gasteiger partial charge in [-0.25, -0.2) is 9.37 Å². The van der Waals surface area contributed by atoms with Gasteiger partial charge >= 0.3 is 6.18 Å². The molecule has 0 aliphatic carbocycles. The number of piperidine rings is 1. The highest BCUT2D eigenvalue weighted by atomic mass is 19.4. The van der Waals surface area contributed by atoms with Crippen molar-refractivity contribution < 1.29 is 22.4 Å². The van der Waals surface area contributed by atoms with Crippen LogP contribution in [0.1, 0.15) is 45.9 Å². The van der Waals surface area contributed by atoms with Crippen molar-refractivity contribution in [1.82, 2.24) is 19.9 Å². The number of nitrogens with one attached hydrogen (secondary N) is 2. The van der Waals surface area contributed by atoms with E-state index in [9.17, 15) is 27.2 Å². The Labute approximate surface area is 167 Å². The van der Waals surface area contributed by atoms with E-state index in [4.69, 9.17) is 0 Å². The van der Waals surface area contributed by atoms with Crippen molar-refractivity contribution >= 4 is 16.9 Å². The normalized spacial score (nSPS) is 15.7. The van der Waals surface area contributed by atoms with Gasteiger partial charge in [-0.05, 0) is 43.4 Å². The number of carbonyl (C=O) groups excluding carboxylic acids is 1. The summed E-state index contributed by atoms with van der Waals surface area (Å²) in [5, 5.41) is 0.735. The Kier molecular flexibility index (Phi) is 4.87. The molecule has 4 rings (SSSR count). The zero-order chi connectivity index (χ0) is 21.6. The minimum absolute atomic E-state index is 0.139. The van der Waals surface area contributed by atoms with Crippen LogP contribution in [-0.2, 0) is 6.18 Å². The average Bonchev–Trinajstić information content (AvgIpc) is 3.08. The summed E-state index contributed by atoms with van der Waals surface area (Å²) in [6, 6.07) is 1.57. The van der Waals surface area contributed by atoms with Crippen LogP contribution in [0.3, 0.4) is 0 Å². The second kappa shape index (κ2) is 7.26. The smallest absolute Gasteiger partial charge is 0.346 e. The number of aromatic amines is 2. The summed E-state index contributed by atoms with van der Waals surface area (Å²) in [5.74, 6) is -1.18. The van der Waals surface area contributed by atoms with Crippen LogP contribution in [0.15, 0.2) is 29.3 Å². The number of pyridine rings is 2. The third-order valence-electron chi connectivity index (χ3n) is 5.53. The lowest BCUT2D eigenvalue weighted by Gasteiger charge is -2.32.